The number of benzene rings is 1. The van der Waals surface area contributed by atoms with Crippen molar-refractivity contribution in [3.05, 3.63) is 35.7 Å². The maximum absolute atomic E-state index is 12.7. The van der Waals surface area contributed by atoms with E-state index < -0.39 is 6.61 Å². The maximum Gasteiger partial charge on any atom is 0.387 e. The molecule has 0 unspecified atom stereocenters. The Kier molecular flexibility index (Phi) is 8.73. The third-order valence-corrected chi connectivity index (χ3v) is 3.99. The SMILES string of the molecule is CCNC(=NCc1cc2c(cc1OC(F)F)OCO2)NCCc1cnn(C)c1.I. The molecule has 0 bridgehead atoms. The Balaban J connectivity index is 0.00000300. The van der Waals surface area contributed by atoms with E-state index in [1.165, 1.54) is 6.07 Å². The van der Waals surface area contributed by atoms with E-state index in [0.717, 1.165) is 12.0 Å². The molecule has 29 heavy (non-hydrogen) atoms. The minimum absolute atomic E-state index is 0. The minimum atomic E-state index is -2.94. The van der Waals surface area contributed by atoms with Crippen LogP contribution in [0.25, 0.3) is 0 Å². The van der Waals surface area contributed by atoms with Crippen LogP contribution in [0.3, 0.4) is 0 Å². The van der Waals surface area contributed by atoms with Crippen molar-refractivity contribution in [1.29, 1.82) is 0 Å². The van der Waals surface area contributed by atoms with Gasteiger partial charge in [0.05, 0.1) is 12.7 Å². The highest BCUT2D eigenvalue weighted by atomic mass is 127. The van der Waals surface area contributed by atoms with Crippen LogP contribution in [0.4, 0.5) is 8.78 Å². The van der Waals surface area contributed by atoms with Crippen LogP contribution in [0.15, 0.2) is 29.5 Å². The van der Waals surface area contributed by atoms with Crippen molar-refractivity contribution >= 4 is 29.9 Å². The number of hydrogen-bond acceptors (Lipinski definition) is 5. The van der Waals surface area contributed by atoms with Crippen LogP contribution in [0.5, 0.6) is 17.2 Å². The van der Waals surface area contributed by atoms with Crippen molar-refractivity contribution in [2.24, 2.45) is 12.0 Å². The number of ether oxygens (including phenoxy) is 3. The summed E-state index contributed by atoms with van der Waals surface area (Å²) in [6.45, 7) is 0.521. The Labute approximate surface area is 184 Å². The summed E-state index contributed by atoms with van der Waals surface area (Å²) in [4.78, 5) is 4.47. The number of aryl methyl sites for hydroxylation is 1. The van der Waals surface area contributed by atoms with Crippen LogP contribution in [-0.2, 0) is 20.0 Å². The molecule has 8 nitrogen and oxygen atoms in total. The van der Waals surface area contributed by atoms with Gasteiger partial charge in [0.2, 0.25) is 6.79 Å². The number of halogens is 3. The summed E-state index contributed by atoms with van der Waals surface area (Å²) < 4.78 is 42.4. The topological polar surface area (TPSA) is 81.9 Å². The van der Waals surface area contributed by atoms with Crippen LogP contribution in [-0.4, -0.2) is 42.2 Å². The average molecular weight is 523 g/mol. The molecule has 0 fully saturated rings. The number of hydrogen-bond donors (Lipinski definition) is 2. The number of fused-ring (bicyclic) bond motifs is 1. The standard InChI is InChI=1S/C18H23F2N5O3.HI/c1-3-21-18(22-5-4-12-8-24-25(2)10-12)23-9-13-6-15-16(27-11-26-15)7-14(13)28-17(19)20;/h6-8,10,17H,3-5,9,11H2,1-2H3,(H2,21,22,23);1H. The third-order valence-electron chi connectivity index (χ3n) is 3.99. The zero-order valence-corrected chi connectivity index (χ0v) is 18.5. The third kappa shape index (κ3) is 6.61. The van der Waals surface area contributed by atoms with Crippen LogP contribution in [0, 0.1) is 0 Å². The lowest BCUT2D eigenvalue weighted by Gasteiger charge is -2.13. The van der Waals surface area contributed by atoms with Gasteiger partial charge >= 0.3 is 6.61 Å². The smallest absolute Gasteiger partial charge is 0.387 e. The highest BCUT2D eigenvalue weighted by Crippen LogP contribution is 2.39. The first-order valence-electron chi connectivity index (χ1n) is 8.92. The summed E-state index contributed by atoms with van der Waals surface area (Å²) in [6.07, 6.45) is 4.54. The number of rotatable bonds is 8. The van der Waals surface area contributed by atoms with E-state index in [-0.39, 0.29) is 43.1 Å². The van der Waals surface area contributed by atoms with Gasteiger partial charge in [0.25, 0.3) is 0 Å². The lowest BCUT2D eigenvalue weighted by Crippen LogP contribution is -2.38. The molecule has 0 saturated carbocycles. The van der Waals surface area contributed by atoms with E-state index in [0.29, 0.717) is 36.1 Å². The normalized spacial score (nSPS) is 12.7. The summed E-state index contributed by atoms with van der Waals surface area (Å²) in [5, 5.41) is 10.5. The van der Waals surface area contributed by atoms with E-state index in [2.05, 4.69) is 25.5 Å². The molecule has 1 aromatic carbocycles. The molecule has 2 heterocycles. The first kappa shape index (κ1) is 23.0. The van der Waals surface area contributed by atoms with Crippen molar-refractivity contribution in [1.82, 2.24) is 20.4 Å². The molecular formula is C18H24F2IN5O3. The first-order valence-corrected chi connectivity index (χ1v) is 8.92. The van der Waals surface area contributed by atoms with Gasteiger partial charge in [0.15, 0.2) is 17.5 Å². The molecule has 0 atom stereocenters. The lowest BCUT2D eigenvalue weighted by atomic mass is 10.1. The number of alkyl halides is 2. The molecule has 1 aliphatic heterocycles. The van der Waals surface area contributed by atoms with Gasteiger partial charge in [-0.1, -0.05) is 0 Å². The predicted octanol–water partition coefficient (Wildman–Crippen LogP) is 2.67. The summed E-state index contributed by atoms with van der Waals surface area (Å²) in [5.41, 5.74) is 1.59. The Morgan fingerprint density at radius 3 is 2.72 bits per heavy atom. The summed E-state index contributed by atoms with van der Waals surface area (Å²) >= 11 is 0. The predicted molar refractivity (Wildman–Crippen MR) is 114 cm³/mol. The van der Waals surface area contributed by atoms with E-state index in [9.17, 15) is 8.78 Å². The summed E-state index contributed by atoms with van der Waals surface area (Å²) in [6, 6.07) is 3.02. The number of nitrogens with one attached hydrogen (secondary N) is 2. The Morgan fingerprint density at radius 1 is 1.31 bits per heavy atom. The highest BCUT2D eigenvalue weighted by Gasteiger charge is 2.20. The number of aromatic nitrogens is 2. The van der Waals surface area contributed by atoms with Crippen LogP contribution < -0.4 is 24.8 Å². The van der Waals surface area contributed by atoms with E-state index in [4.69, 9.17) is 9.47 Å². The molecule has 1 aromatic heterocycles. The molecule has 0 spiro atoms. The fraction of sp³-hybridized carbons (Fsp3) is 0.444. The minimum Gasteiger partial charge on any atom is -0.454 e. The van der Waals surface area contributed by atoms with Crippen molar-refractivity contribution in [3.8, 4) is 17.2 Å². The van der Waals surface area contributed by atoms with E-state index >= 15 is 0 Å². The van der Waals surface area contributed by atoms with Crippen LogP contribution >= 0.6 is 24.0 Å². The van der Waals surface area contributed by atoms with Crippen molar-refractivity contribution in [2.45, 2.75) is 26.5 Å². The van der Waals surface area contributed by atoms with Gasteiger partial charge in [0.1, 0.15) is 5.75 Å². The Hall–Kier alpha value is -2.31. The van der Waals surface area contributed by atoms with Crippen LogP contribution in [0.2, 0.25) is 0 Å². The van der Waals surface area contributed by atoms with Gasteiger partial charge in [0, 0.05) is 38.0 Å². The van der Waals surface area contributed by atoms with E-state index in [1.807, 2.05) is 26.4 Å². The molecule has 3 rings (SSSR count). The number of nitrogens with zero attached hydrogens (tertiary/aromatic N) is 3. The molecule has 11 heteroatoms. The first-order chi connectivity index (χ1) is 13.5. The molecule has 0 amide bonds. The zero-order valence-electron chi connectivity index (χ0n) is 16.2. The Morgan fingerprint density at radius 2 is 2.07 bits per heavy atom. The molecule has 2 N–H and O–H groups in total. The van der Waals surface area contributed by atoms with Gasteiger partial charge in [-0.3, -0.25) is 4.68 Å². The van der Waals surface area contributed by atoms with Gasteiger partial charge in [-0.25, -0.2) is 4.99 Å². The second-order valence-electron chi connectivity index (χ2n) is 6.09. The van der Waals surface area contributed by atoms with Gasteiger partial charge in [-0.05, 0) is 25.0 Å². The quantitative estimate of drug-likeness (QED) is 0.315. The average Bonchev–Trinajstić information content (AvgIpc) is 3.27. The van der Waals surface area contributed by atoms with Gasteiger partial charge in [-0.2, -0.15) is 13.9 Å². The molecule has 1 aliphatic rings. The molecule has 0 aliphatic carbocycles. The van der Waals surface area contributed by atoms with Gasteiger partial charge < -0.3 is 24.8 Å². The molecular weight excluding hydrogens is 499 g/mol. The van der Waals surface area contributed by atoms with Crippen LogP contribution in [0.1, 0.15) is 18.1 Å². The van der Waals surface area contributed by atoms with E-state index in [1.54, 1.807) is 10.7 Å². The Bertz CT molecular complexity index is 832. The largest absolute Gasteiger partial charge is 0.454 e. The maximum atomic E-state index is 12.7. The van der Waals surface area contributed by atoms with Gasteiger partial charge in [-0.15, -0.1) is 24.0 Å². The van der Waals surface area contributed by atoms with Crippen molar-refractivity contribution < 1.29 is 23.0 Å². The monoisotopic (exact) mass is 523 g/mol. The fourth-order valence-corrected chi connectivity index (χ4v) is 2.73. The second kappa shape index (κ2) is 11.0. The highest BCUT2D eigenvalue weighted by molar-refractivity contribution is 14.0. The summed E-state index contributed by atoms with van der Waals surface area (Å²) in [7, 11) is 1.87. The summed E-state index contributed by atoms with van der Waals surface area (Å²) in [5.74, 6) is 1.47. The number of guanidine groups is 1. The second-order valence-corrected chi connectivity index (χ2v) is 6.09. The zero-order chi connectivity index (χ0) is 19.9. The fourth-order valence-electron chi connectivity index (χ4n) is 2.73. The van der Waals surface area contributed by atoms with Crippen molar-refractivity contribution in [3.63, 3.8) is 0 Å². The molecule has 0 radical (unpaired) electrons. The molecule has 2 aromatic rings. The lowest BCUT2D eigenvalue weighted by molar-refractivity contribution is -0.0505. The molecule has 160 valence electrons. The molecule has 0 saturated heterocycles. The van der Waals surface area contributed by atoms with Crippen molar-refractivity contribution in [2.75, 3.05) is 19.9 Å². The number of aliphatic imine (C=N–C) groups is 1.